The minimum Gasteiger partial charge on any atom is -0.454 e. The van der Waals surface area contributed by atoms with Gasteiger partial charge in [-0.15, -0.1) is 0 Å². The first-order chi connectivity index (χ1) is 14.0. The minimum atomic E-state index is -1.78. The predicted molar refractivity (Wildman–Crippen MR) is 104 cm³/mol. The number of hydrogen-bond acceptors (Lipinski definition) is 6. The number of fused-ring (bicyclic) bond motifs is 2. The zero-order valence-corrected chi connectivity index (χ0v) is 16.6. The fraction of sp³-hybridized carbons (Fsp3) is 0.429. The van der Waals surface area contributed by atoms with Gasteiger partial charge in [-0.1, -0.05) is 11.6 Å². The van der Waals surface area contributed by atoms with E-state index in [1.165, 1.54) is 4.90 Å². The Labute approximate surface area is 173 Å². The predicted octanol–water partition coefficient (Wildman–Crippen LogP) is 1.82. The standard InChI is InChI=1S/C21H18ClN5O2/c1-2-27-4-3-12-14(7-23)20(26)21(9-24,10-25)19(15(12)8-27)13-5-17-18(6-16(13)22)29-11-28-17/h3,5-6,14-15,19,26H,2,4,8,11H2,1H3/p+1/t14?,15-,19+/m1/s1. The van der Waals surface area contributed by atoms with Gasteiger partial charge < -0.3 is 19.8 Å². The van der Waals surface area contributed by atoms with Crippen LogP contribution < -0.4 is 14.4 Å². The van der Waals surface area contributed by atoms with Gasteiger partial charge in [0.2, 0.25) is 6.79 Å². The third-order valence-electron chi connectivity index (χ3n) is 6.29. The summed E-state index contributed by atoms with van der Waals surface area (Å²) in [6.07, 6.45) is 2.00. The van der Waals surface area contributed by atoms with E-state index in [9.17, 15) is 15.8 Å². The number of hydrogen-bond donors (Lipinski definition) is 2. The molecule has 1 saturated carbocycles. The molecule has 1 aromatic carbocycles. The molecule has 29 heavy (non-hydrogen) atoms. The number of nitriles is 3. The summed E-state index contributed by atoms with van der Waals surface area (Å²) in [4.78, 5) is 1.29. The van der Waals surface area contributed by atoms with Gasteiger partial charge in [0.25, 0.3) is 0 Å². The molecule has 0 radical (unpaired) electrons. The first-order valence-corrected chi connectivity index (χ1v) is 9.82. The van der Waals surface area contributed by atoms with Crippen LogP contribution in [0.25, 0.3) is 0 Å². The van der Waals surface area contributed by atoms with Gasteiger partial charge in [0.05, 0.1) is 43.6 Å². The van der Waals surface area contributed by atoms with E-state index in [1.807, 2.05) is 6.08 Å². The number of halogens is 1. The fourth-order valence-corrected chi connectivity index (χ4v) is 5.04. The molecule has 0 saturated heterocycles. The van der Waals surface area contributed by atoms with Crippen molar-refractivity contribution in [1.29, 1.82) is 21.2 Å². The van der Waals surface area contributed by atoms with E-state index in [0.717, 1.165) is 18.7 Å². The van der Waals surface area contributed by atoms with Crippen molar-refractivity contribution < 1.29 is 14.4 Å². The summed E-state index contributed by atoms with van der Waals surface area (Å²) in [5, 5.41) is 39.0. The first-order valence-electron chi connectivity index (χ1n) is 9.44. The largest absolute Gasteiger partial charge is 0.454 e. The second-order valence-corrected chi connectivity index (χ2v) is 7.94. The van der Waals surface area contributed by atoms with Crippen molar-refractivity contribution in [1.82, 2.24) is 0 Å². The zero-order chi connectivity index (χ0) is 20.8. The number of likely N-dealkylation sites (N-methyl/N-ethyl adjacent to an activating group) is 1. The second kappa shape index (κ2) is 7.08. The molecule has 4 rings (SSSR count). The van der Waals surface area contributed by atoms with E-state index in [4.69, 9.17) is 26.5 Å². The van der Waals surface area contributed by atoms with Crippen LogP contribution in [0.2, 0.25) is 5.02 Å². The molecule has 8 heteroatoms. The molecule has 7 nitrogen and oxygen atoms in total. The Morgan fingerprint density at radius 1 is 1.24 bits per heavy atom. The van der Waals surface area contributed by atoms with Gasteiger partial charge in [-0.05, 0) is 30.2 Å². The molecule has 2 unspecified atom stereocenters. The lowest BCUT2D eigenvalue weighted by atomic mass is 9.54. The van der Waals surface area contributed by atoms with Crippen molar-refractivity contribution in [3.63, 3.8) is 0 Å². The van der Waals surface area contributed by atoms with Crippen molar-refractivity contribution in [2.45, 2.75) is 12.8 Å². The van der Waals surface area contributed by atoms with Crippen LogP contribution in [0, 0.1) is 56.7 Å². The van der Waals surface area contributed by atoms with Crippen LogP contribution in [0.3, 0.4) is 0 Å². The van der Waals surface area contributed by atoms with Gasteiger partial charge in [0.1, 0.15) is 5.92 Å². The van der Waals surface area contributed by atoms with Gasteiger partial charge in [0.15, 0.2) is 16.9 Å². The lowest BCUT2D eigenvalue weighted by Gasteiger charge is -2.46. The Bertz CT molecular complexity index is 1030. The molecule has 146 valence electrons. The SMILES string of the molecule is CC[NH+]1CC=C2C(C#N)C(=N)C(C#N)(C#N)[C@@H](c3cc4c(cc3Cl)OCO4)[C@@H]2C1. The van der Waals surface area contributed by atoms with Gasteiger partial charge in [0, 0.05) is 22.9 Å². The third kappa shape index (κ3) is 2.69. The highest BCUT2D eigenvalue weighted by Gasteiger charge is 2.59. The van der Waals surface area contributed by atoms with Gasteiger partial charge in [-0.3, -0.25) is 0 Å². The topological polar surface area (TPSA) is 118 Å². The number of ether oxygens (including phenoxy) is 2. The van der Waals surface area contributed by atoms with Crippen LogP contribution in [0.15, 0.2) is 23.8 Å². The fourth-order valence-electron chi connectivity index (χ4n) is 4.77. The summed E-state index contributed by atoms with van der Waals surface area (Å²) >= 11 is 6.59. The molecule has 1 aliphatic carbocycles. The molecule has 0 spiro atoms. The van der Waals surface area contributed by atoms with Crippen molar-refractivity contribution in [2.24, 2.45) is 17.3 Å². The minimum absolute atomic E-state index is 0.0795. The summed E-state index contributed by atoms with van der Waals surface area (Å²) in [6, 6.07) is 9.68. The van der Waals surface area contributed by atoms with Crippen LogP contribution in [-0.4, -0.2) is 32.1 Å². The third-order valence-corrected chi connectivity index (χ3v) is 6.61. The molecule has 0 bridgehead atoms. The Kier molecular flexibility index (Phi) is 4.71. The maximum absolute atomic E-state index is 10.1. The highest BCUT2D eigenvalue weighted by Crippen LogP contribution is 2.55. The summed E-state index contributed by atoms with van der Waals surface area (Å²) in [6.45, 7) is 4.44. The van der Waals surface area contributed by atoms with E-state index >= 15 is 0 Å². The molecule has 2 N–H and O–H groups in total. The summed E-state index contributed by atoms with van der Waals surface area (Å²) < 4.78 is 10.9. The van der Waals surface area contributed by atoms with Crippen LogP contribution in [0.4, 0.5) is 0 Å². The summed E-state index contributed by atoms with van der Waals surface area (Å²) in [5.74, 6) is -0.788. The number of benzene rings is 1. The molecular formula is C21H19ClN5O2+. The molecular weight excluding hydrogens is 390 g/mol. The number of quaternary nitrogens is 1. The number of rotatable bonds is 2. The Hall–Kier alpha value is -3.05. The normalized spacial score (nSPS) is 29.1. The van der Waals surface area contributed by atoms with E-state index in [-0.39, 0.29) is 18.4 Å². The lowest BCUT2D eigenvalue weighted by molar-refractivity contribution is -0.897. The van der Waals surface area contributed by atoms with Crippen LogP contribution in [-0.2, 0) is 0 Å². The van der Waals surface area contributed by atoms with Crippen molar-refractivity contribution >= 4 is 17.3 Å². The van der Waals surface area contributed by atoms with Gasteiger partial charge in [-0.2, -0.15) is 15.8 Å². The Morgan fingerprint density at radius 2 is 1.93 bits per heavy atom. The van der Waals surface area contributed by atoms with Gasteiger partial charge >= 0.3 is 0 Å². The molecule has 1 fully saturated rings. The molecule has 1 aromatic rings. The second-order valence-electron chi connectivity index (χ2n) is 7.53. The smallest absolute Gasteiger partial charge is 0.231 e. The van der Waals surface area contributed by atoms with Crippen LogP contribution in [0.1, 0.15) is 18.4 Å². The van der Waals surface area contributed by atoms with Crippen molar-refractivity contribution in [2.75, 3.05) is 26.4 Å². The van der Waals surface area contributed by atoms with E-state index in [2.05, 4.69) is 25.1 Å². The zero-order valence-electron chi connectivity index (χ0n) is 15.8. The molecule has 2 aliphatic heterocycles. The lowest BCUT2D eigenvalue weighted by Crippen LogP contribution is -3.13. The Balaban J connectivity index is 1.96. The Morgan fingerprint density at radius 3 is 2.55 bits per heavy atom. The quantitative estimate of drug-likeness (QED) is 0.723. The highest BCUT2D eigenvalue weighted by atomic mass is 35.5. The molecule has 0 aromatic heterocycles. The van der Waals surface area contributed by atoms with Crippen LogP contribution in [0.5, 0.6) is 11.5 Å². The first kappa shape index (κ1) is 19.3. The average molecular weight is 409 g/mol. The van der Waals surface area contributed by atoms with Crippen molar-refractivity contribution in [3.05, 3.63) is 34.4 Å². The van der Waals surface area contributed by atoms with E-state index < -0.39 is 17.3 Å². The van der Waals surface area contributed by atoms with Crippen LogP contribution >= 0.6 is 11.6 Å². The molecule has 0 amide bonds. The summed E-state index contributed by atoms with van der Waals surface area (Å²) in [5.41, 5.74) is -0.565. The summed E-state index contributed by atoms with van der Waals surface area (Å²) in [7, 11) is 0. The van der Waals surface area contributed by atoms with E-state index in [1.54, 1.807) is 12.1 Å². The van der Waals surface area contributed by atoms with Crippen molar-refractivity contribution in [3.8, 4) is 29.7 Å². The molecule has 4 atom stereocenters. The monoisotopic (exact) mass is 408 g/mol. The van der Waals surface area contributed by atoms with E-state index in [0.29, 0.717) is 28.6 Å². The maximum atomic E-state index is 10.1. The average Bonchev–Trinajstić information content (AvgIpc) is 3.19. The molecule has 2 heterocycles. The number of nitrogens with zero attached hydrogens (tertiary/aromatic N) is 3. The molecule has 3 aliphatic rings. The van der Waals surface area contributed by atoms with Gasteiger partial charge in [-0.25, -0.2) is 0 Å². The maximum Gasteiger partial charge on any atom is 0.231 e. The number of nitrogens with one attached hydrogen (secondary N) is 2. The highest BCUT2D eigenvalue weighted by molar-refractivity contribution is 6.31.